The minimum atomic E-state index is -1.71. The van der Waals surface area contributed by atoms with Crippen molar-refractivity contribution in [3.8, 4) is 6.07 Å². The first kappa shape index (κ1) is 19.3. The molecule has 1 amide bonds. The van der Waals surface area contributed by atoms with Crippen LogP contribution in [0.3, 0.4) is 0 Å². The van der Waals surface area contributed by atoms with Crippen LogP contribution in [0.4, 0.5) is 5.69 Å². The van der Waals surface area contributed by atoms with Gasteiger partial charge in [0.1, 0.15) is 29.6 Å². The standard InChI is InChI=1S/C23H19N3O4/c1-14-19(21(27)29-13-15-8-4-3-5-9-15)23(17(12-24)20(25)30-14)16-10-6-7-11-18(16)26(2)22(23)28/h3-11H,13,25H2,1-2H3. The molecule has 0 aromatic heterocycles. The van der Waals surface area contributed by atoms with Crippen LogP contribution in [0.2, 0.25) is 0 Å². The summed E-state index contributed by atoms with van der Waals surface area (Å²) in [5.74, 6) is -1.27. The number of hydrogen-bond donors (Lipinski definition) is 1. The van der Waals surface area contributed by atoms with Gasteiger partial charge in [-0.05, 0) is 18.6 Å². The van der Waals surface area contributed by atoms with Gasteiger partial charge < -0.3 is 20.1 Å². The molecule has 1 unspecified atom stereocenters. The largest absolute Gasteiger partial charge is 0.457 e. The second kappa shape index (κ2) is 7.08. The maximum atomic E-state index is 13.6. The number of hydrogen-bond acceptors (Lipinski definition) is 6. The van der Waals surface area contributed by atoms with Gasteiger partial charge in [-0.1, -0.05) is 48.5 Å². The quantitative estimate of drug-likeness (QED) is 0.793. The molecule has 0 bridgehead atoms. The van der Waals surface area contributed by atoms with Crippen LogP contribution in [-0.4, -0.2) is 18.9 Å². The van der Waals surface area contributed by atoms with Gasteiger partial charge in [0.05, 0.1) is 0 Å². The van der Waals surface area contributed by atoms with E-state index in [1.54, 1.807) is 31.3 Å². The van der Waals surface area contributed by atoms with Crippen molar-refractivity contribution >= 4 is 17.6 Å². The fourth-order valence-corrected chi connectivity index (χ4v) is 4.11. The van der Waals surface area contributed by atoms with Gasteiger partial charge in [0, 0.05) is 18.3 Å². The number of nitrogens with zero attached hydrogens (tertiary/aromatic N) is 2. The highest BCUT2D eigenvalue weighted by molar-refractivity contribution is 6.18. The molecule has 1 spiro atoms. The van der Waals surface area contributed by atoms with Crippen molar-refractivity contribution in [3.63, 3.8) is 0 Å². The van der Waals surface area contributed by atoms with Gasteiger partial charge in [-0.2, -0.15) is 5.26 Å². The van der Waals surface area contributed by atoms with Gasteiger partial charge >= 0.3 is 5.97 Å². The van der Waals surface area contributed by atoms with Crippen LogP contribution >= 0.6 is 0 Å². The molecule has 150 valence electrons. The normalized spacial score (nSPS) is 20.2. The third-order valence-corrected chi connectivity index (χ3v) is 5.44. The molecule has 7 heteroatoms. The maximum absolute atomic E-state index is 13.6. The zero-order valence-corrected chi connectivity index (χ0v) is 16.5. The summed E-state index contributed by atoms with van der Waals surface area (Å²) >= 11 is 0. The summed E-state index contributed by atoms with van der Waals surface area (Å²) < 4.78 is 11.0. The molecule has 0 saturated heterocycles. The first-order valence-electron chi connectivity index (χ1n) is 9.31. The van der Waals surface area contributed by atoms with Crippen LogP contribution in [0.25, 0.3) is 0 Å². The number of ether oxygens (including phenoxy) is 2. The topological polar surface area (TPSA) is 106 Å². The molecule has 2 aliphatic heterocycles. The molecule has 0 saturated carbocycles. The summed E-state index contributed by atoms with van der Waals surface area (Å²) in [6.07, 6.45) is 0. The lowest BCUT2D eigenvalue weighted by Crippen LogP contribution is -2.47. The van der Waals surface area contributed by atoms with E-state index >= 15 is 0 Å². The predicted octanol–water partition coefficient (Wildman–Crippen LogP) is 2.64. The van der Waals surface area contributed by atoms with Crippen molar-refractivity contribution in [1.29, 1.82) is 5.26 Å². The van der Waals surface area contributed by atoms with E-state index in [0.29, 0.717) is 11.3 Å². The maximum Gasteiger partial charge on any atom is 0.339 e. The number of rotatable bonds is 3. The Balaban J connectivity index is 1.87. The molecule has 2 aromatic carbocycles. The Kier molecular flexibility index (Phi) is 4.55. The Bertz CT molecular complexity index is 1160. The fourth-order valence-electron chi connectivity index (χ4n) is 4.11. The van der Waals surface area contributed by atoms with Crippen molar-refractivity contribution in [3.05, 3.63) is 88.5 Å². The number of anilines is 1. The molecule has 2 heterocycles. The minimum absolute atomic E-state index is 0.0132. The molecule has 7 nitrogen and oxygen atoms in total. The Hall–Kier alpha value is -4.05. The van der Waals surface area contributed by atoms with E-state index in [-0.39, 0.29) is 29.4 Å². The molecule has 2 aliphatic rings. The number of amides is 1. The summed E-state index contributed by atoms with van der Waals surface area (Å²) in [5, 5.41) is 9.90. The molecule has 4 rings (SSSR count). The molecule has 2 N–H and O–H groups in total. The monoisotopic (exact) mass is 401 g/mol. The van der Waals surface area contributed by atoms with Crippen molar-refractivity contribution < 1.29 is 19.1 Å². The van der Waals surface area contributed by atoms with E-state index in [2.05, 4.69) is 0 Å². The third-order valence-electron chi connectivity index (χ3n) is 5.44. The highest BCUT2D eigenvalue weighted by Gasteiger charge is 2.61. The van der Waals surface area contributed by atoms with Crippen LogP contribution in [0.15, 0.2) is 77.4 Å². The van der Waals surface area contributed by atoms with Gasteiger partial charge in [-0.15, -0.1) is 0 Å². The first-order chi connectivity index (χ1) is 14.4. The van der Waals surface area contributed by atoms with E-state index in [1.165, 1.54) is 11.8 Å². The van der Waals surface area contributed by atoms with E-state index in [1.807, 2.05) is 36.4 Å². The molecule has 0 radical (unpaired) electrons. The molecular formula is C23H19N3O4. The predicted molar refractivity (Wildman–Crippen MR) is 108 cm³/mol. The molecule has 0 aliphatic carbocycles. The van der Waals surface area contributed by atoms with Crippen LogP contribution in [0.1, 0.15) is 18.1 Å². The number of para-hydroxylation sites is 1. The van der Waals surface area contributed by atoms with Gasteiger partial charge in [0.15, 0.2) is 5.41 Å². The number of esters is 1. The number of fused-ring (bicyclic) bond motifs is 2. The van der Waals surface area contributed by atoms with E-state index in [4.69, 9.17) is 15.2 Å². The van der Waals surface area contributed by atoms with Gasteiger partial charge in [0.25, 0.3) is 0 Å². The van der Waals surface area contributed by atoms with Crippen LogP contribution < -0.4 is 10.6 Å². The summed E-state index contributed by atoms with van der Waals surface area (Å²) in [5.41, 5.74) is 6.01. The Morgan fingerprint density at radius 3 is 2.57 bits per heavy atom. The van der Waals surface area contributed by atoms with E-state index in [9.17, 15) is 14.9 Å². The van der Waals surface area contributed by atoms with Gasteiger partial charge in [-0.3, -0.25) is 4.79 Å². The number of likely N-dealkylation sites (N-methyl/N-ethyl adjacent to an activating group) is 1. The number of carbonyl (C=O) groups is 2. The number of nitrogens with two attached hydrogens (primary N) is 1. The summed E-state index contributed by atoms with van der Waals surface area (Å²) in [6, 6.07) is 18.2. The van der Waals surface area contributed by atoms with Crippen molar-refractivity contribution in [1.82, 2.24) is 0 Å². The summed E-state index contributed by atoms with van der Waals surface area (Å²) in [4.78, 5) is 28.3. The molecule has 2 aromatic rings. The second-order valence-electron chi connectivity index (χ2n) is 7.08. The van der Waals surface area contributed by atoms with Crippen LogP contribution in [0, 0.1) is 11.3 Å². The van der Waals surface area contributed by atoms with Crippen LogP contribution in [0.5, 0.6) is 0 Å². The van der Waals surface area contributed by atoms with E-state index in [0.717, 1.165) is 5.56 Å². The highest BCUT2D eigenvalue weighted by atomic mass is 16.5. The van der Waals surface area contributed by atoms with Crippen molar-refractivity contribution in [2.45, 2.75) is 18.9 Å². The zero-order chi connectivity index (χ0) is 21.5. The number of benzene rings is 2. The number of nitriles is 1. The average Bonchev–Trinajstić information content (AvgIpc) is 2.96. The highest BCUT2D eigenvalue weighted by Crippen LogP contribution is 2.53. The SMILES string of the molecule is CC1=C(C(=O)OCc2ccccc2)C2(C(=O)N(C)c3ccccc32)C(C#N)=C(N)O1. The fraction of sp³-hybridized carbons (Fsp3) is 0.174. The first-order valence-corrected chi connectivity index (χ1v) is 9.31. The van der Waals surface area contributed by atoms with Gasteiger partial charge in [-0.25, -0.2) is 4.79 Å². The third kappa shape index (κ3) is 2.58. The van der Waals surface area contributed by atoms with Crippen molar-refractivity contribution in [2.24, 2.45) is 5.73 Å². The van der Waals surface area contributed by atoms with Gasteiger partial charge in [0.2, 0.25) is 11.8 Å². The molecule has 0 fully saturated rings. The Morgan fingerprint density at radius 1 is 1.20 bits per heavy atom. The van der Waals surface area contributed by atoms with Crippen LogP contribution in [-0.2, 0) is 31.1 Å². The molecular weight excluding hydrogens is 382 g/mol. The zero-order valence-electron chi connectivity index (χ0n) is 16.5. The Morgan fingerprint density at radius 2 is 1.87 bits per heavy atom. The van der Waals surface area contributed by atoms with E-state index < -0.39 is 17.3 Å². The molecule has 30 heavy (non-hydrogen) atoms. The minimum Gasteiger partial charge on any atom is -0.457 e. The second-order valence-corrected chi connectivity index (χ2v) is 7.08. The lowest BCUT2D eigenvalue weighted by molar-refractivity contribution is -0.142. The smallest absolute Gasteiger partial charge is 0.339 e. The summed E-state index contributed by atoms with van der Waals surface area (Å²) in [7, 11) is 1.60. The summed E-state index contributed by atoms with van der Waals surface area (Å²) in [6.45, 7) is 1.55. The Labute approximate surface area is 173 Å². The van der Waals surface area contributed by atoms with Crippen molar-refractivity contribution in [2.75, 3.05) is 11.9 Å². The lowest BCUT2D eigenvalue weighted by atomic mass is 9.68. The number of allylic oxidation sites excluding steroid dienone is 1. The molecule has 1 atom stereocenters. The lowest BCUT2D eigenvalue weighted by Gasteiger charge is -2.34. The number of carbonyl (C=O) groups excluding carboxylic acids is 2. The average molecular weight is 401 g/mol.